The van der Waals surface area contributed by atoms with Crippen molar-refractivity contribution in [3.05, 3.63) is 0 Å². The van der Waals surface area contributed by atoms with Crippen LogP contribution in [0.2, 0.25) is 0 Å². The van der Waals surface area contributed by atoms with Gasteiger partial charge in [-0.1, -0.05) is 0 Å². The maximum atomic E-state index is 5.62. The summed E-state index contributed by atoms with van der Waals surface area (Å²) >= 11 is 1.08. The van der Waals surface area contributed by atoms with Crippen molar-refractivity contribution in [1.29, 1.82) is 0 Å². The zero-order valence-corrected chi connectivity index (χ0v) is 11.6. The number of hydrogen-bond acceptors (Lipinski definition) is 3. The van der Waals surface area contributed by atoms with Crippen molar-refractivity contribution in [3.63, 3.8) is 0 Å². The van der Waals surface area contributed by atoms with Crippen LogP contribution in [0.4, 0.5) is 0 Å². The van der Waals surface area contributed by atoms with E-state index in [1.165, 1.54) is 0 Å². The predicted octanol–water partition coefficient (Wildman–Crippen LogP) is 0.298. The van der Waals surface area contributed by atoms with Gasteiger partial charge in [0.2, 0.25) is 0 Å². The largest absolute Gasteiger partial charge is 0.387 e. The fourth-order valence-electron chi connectivity index (χ4n) is 0.867. The summed E-state index contributed by atoms with van der Waals surface area (Å²) in [6, 6.07) is 0. The van der Waals surface area contributed by atoms with Gasteiger partial charge in [-0.15, -0.1) is 0 Å². The molecule has 0 aliphatic heterocycles. The highest BCUT2D eigenvalue weighted by atomic mass is 27.1. The smallest absolute Gasteiger partial charge is 0.322 e. The van der Waals surface area contributed by atoms with E-state index in [-0.39, 0.29) is 5.60 Å². The average Bonchev–Trinajstić information content (AvgIpc) is 1.98. The molecule has 0 aliphatic carbocycles. The molecule has 0 fully saturated rings. The van der Waals surface area contributed by atoms with Gasteiger partial charge >= 0.3 is 16.5 Å². The molecule has 0 unspecified atom stereocenters. The van der Waals surface area contributed by atoms with E-state index in [4.69, 9.17) is 9.47 Å². The lowest BCUT2D eigenvalue weighted by atomic mass is 10.2. The quantitative estimate of drug-likeness (QED) is 0.579. The molecule has 3 nitrogen and oxygen atoms in total. The van der Waals surface area contributed by atoms with Crippen LogP contribution in [0, 0.1) is 0 Å². The summed E-state index contributed by atoms with van der Waals surface area (Å²) in [6.45, 7) is 9.93. The molecule has 0 radical (unpaired) electrons. The Bertz CT molecular complexity index is 125. The Morgan fingerprint density at radius 3 is 2.15 bits per heavy atom. The van der Waals surface area contributed by atoms with Gasteiger partial charge in [0.25, 0.3) is 0 Å². The van der Waals surface area contributed by atoms with Crippen LogP contribution in [0.3, 0.4) is 0 Å². The first-order valence-electron chi connectivity index (χ1n) is 4.77. The molecule has 0 spiro atoms. The Kier molecular flexibility index (Phi) is 7.02. The van der Waals surface area contributed by atoms with Gasteiger partial charge in [-0.25, -0.2) is 0 Å². The van der Waals surface area contributed by atoms with Crippen molar-refractivity contribution >= 4 is 16.5 Å². The third-order valence-corrected chi connectivity index (χ3v) is 2.58. The first-order chi connectivity index (χ1) is 5.95. The minimum Gasteiger partial charge on any atom is -0.387 e. The summed E-state index contributed by atoms with van der Waals surface area (Å²) in [4.78, 5) is 0. The molecule has 0 atom stereocenters. The van der Waals surface area contributed by atoms with Crippen molar-refractivity contribution in [1.82, 2.24) is 3.88 Å². The van der Waals surface area contributed by atoms with Crippen molar-refractivity contribution in [2.24, 2.45) is 0 Å². The van der Waals surface area contributed by atoms with Gasteiger partial charge in [0.15, 0.2) is 0 Å². The van der Waals surface area contributed by atoms with E-state index >= 15 is 0 Å². The van der Waals surface area contributed by atoms with Crippen molar-refractivity contribution in [2.45, 2.75) is 26.4 Å². The van der Waals surface area contributed by atoms with Crippen LogP contribution >= 0.6 is 0 Å². The fourth-order valence-corrected chi connectivity index (χ4v) is 1.23. The molecular formula is C9H22AlNO2. The van der Waals surface area contributed by atoms with Gasteiger partial charge in [-0.2, -0.15) is 0 Å². The van der Waals surface area contributed by atoms with E-state index < -0.39 is 0 Å². The molecule has 0 amide bonds. The fraction of sp³-hybridized carbons (Fsp3) is 1.00. The SMILES string of the molecule is COCC[N]([AlH2])CCOC(C)(C)C. The minimum absolute atomic E-state index is 0.0103. The average molecular weight is 203 g/mol. The second kappa shape index (κ2) is 6.81. The third kappa shape index (κ3) is 10.3. The topological polar surface area (TPSA) is 21.7 Å². The molecule has 0 saturated carbocycles. The molecule has 0 heterocycles. The molecular weight excluding hydrogens is 181 g/mol. The summed E-state index contributed by atoms with van der Waals surface area (Å²) in [5.41, 5.74) is -0.0103. The third-order valence-electron chi connectivity index (χ3n) is 1.69. The zero-order valence-electron chi connectivity index (χ0n) is 9.59. The van der Waals surface area contributed by atoms with Crippen LogP contribution in [0.1, 0.15) is 20.8 Å². The first-order valence-corrected chi connectivity index (χ1v) is 5.66. The number of methoxy groups -OCH3 is 1. The van der Waals surface area contributed by atoms with E-state index in [1.807, 2.05) is 0 Å². The molecule has 4 heteroatoms. The van der Waals surface area contributed by atoms with Crippen LogP contribution in [0.15, 0.2) is 0 Å². The lowest BCUT2D eigenvalue weighted by molar-refractivity contribution is -0.00739. The van der Waals surface area contributed by atoms with Gasteiger partial charge in [-0.05, 0) is 20.8 Å². The number of nitrogens with zero attached hydrogens (tertiary/aromatic N) is 1. The van der Waals surface area contributed by atoms with Crippen LogP contribution < -0.4 is 0 Å². The van der Waals surface area contributed by atoms with Crippen molar-refractivity contribution in [3.8, 4) is 0 Å². The summed E-state index contributed by atoms with van der Waals surface area (Å²) in [6.07, 6.45) is 0. The predicted molar refractivity (Wildman–Crippen MR) is 57.7 cm³/mol. The maximum Gasteiger partial charge on any atom is 0.322 e. The van der Waals surface area contributed by atoms with Gasteiger partial charge in [0.05, 0.1) is 18.8 Å². The van der Waals surface area contributed by atoms with Gasteiger partial charge in [0, 0.05) is 20.2 Å². The van der Waals surface area contributed by atoms with E-state index in [0.29, 0.717) is 0 Å². The molecule has 0 N–H and O–H groups in total. The summed E-state index contributed by atoms with van der Waals surface area (Å²) < 4.78 is 13.0. The van der Waals surface area contributed by atoms with Gasteiger partial charge in [0.1, 0.15) is 0 Å². The second-order valence-corrected chi connectivity index (χ2v) is 5.52. The van der Waals surface area contributed by atoms with Crippen LogP contribution in [-0.2, 0) is 9.47 Å². The van der Waals surface area contributed by atoms with Crippen molar-refractivity contribution in [2.75, 3.05) is 33.4 Å². The molecule has 0 aromatic heterocycles. The Labute approximate surface area is 90.0 Å². The normalized spacial score (nSPS) is 12.4. The lowest BCUT2D eigenvalue weighted by Gasteiger charge is -2.23. The minimum atomic E-state index is -0.0103. The first kappa shape index (κ1) is 13.4. The summed E-state index contributed by atoms with van der Waals surface area (Å²) in [5.74, 6) is 0. The maximum absolute atomic E-state index is 5.62. The van der Waals surface area contributed by atoms with E-state index in [2.05, 4.69) is 24.7 Å². The standard InChI is InChI=1S/C9H20NO2.Al.2H/c1-9(2,3)12-8-6-10-5-7-11-4;;;/h5-8H2,1-4H3;;;/q-1;+1;;. The van der Waals surface area contributed by atoms with E-state index in [9.17, 15) is 0 Å². The molecule has 0 bridgehead atoms. The van der Waals surface area contributed by atoms with Crippen LogP contribution in [-0.4, -0.2) is 59.4 Å². The lowest BCUT2D eigenvalue weighted by Crippen LogP contribution is -2.31. The van der Waals surface area contributed by atoms with Crippen LogP contribution in [0.5, 0.6) is 0 Å². The van der Waals surface area contributed by atoms with Gasteiger partial charge in [-0.3, -0.25) is 0 Å². The monoisotopic (exact) mass is 203 g/mol. The number of hydrogen-bond donors (Lipinski definition) is 0. The van der Waals surface area contributed by atoms with Gasteiger partial charge < -0.3 is 13.4 Å². The molecule has 0 saturated heterocycles. The Hall–Kier alpha value is 0.412. The molecule has 0 aromatic carbocycles. The highest BCUT2D eigenvalue weighted by Crippen LogP contribution is 2.05. The summed E-state index contributed by atoms with van der Waals surface area (Å²) in [5, 5.41) is 0. The molecule has 0 aromatic rings. The molecule has 13 heavy (non-hydrogen) atoms. The Morgan fingerprint density at radius 2 is 1.69 bits per heavy atom. The zero-order chi connectivity index (χ0) is 10.3. The highest BCUT2D eigenvalue weighted by molar-refractivity contribution is 6.04. The molecule has 0 rings (SSSR count). The Morgan fingerprint density at radius 1 is 1.15 bits per heavy atom. The molecule has 0 aliphatic rings. The number of rotatable bonds is 6. The second-order valence-electron chi connectivity index (χ2n) is 4.26. The van der Waals surface area contributed by atoms with Crippen LogP contribution in [0.25, 0.3) is 0 Å². The van der Waals surface area contributed by atoms with Crippen molar-refractivity contribution < 1.29 is 9.47 Å². The Balaban J connectivity index is 3.31. The van der Waals surface area contributed by atoms with E-state index in [1.54, 1.807) is 7.11 Å². The molecule has 78 valence electrons. The summed E-state index contributed by atoms with van der Waals surface area (Å²) in [7, 11) is 1.74. The van der Waals surface area contributed by atoms with E-state index in [0.717, 1.165) is 42.8 Å². The highest BCUT2D eigenvalue weighted by Gasteiger charge is 2.09. The number of ether oxygens (including phenoxy) is 2.